The lowest BCUT2D eigenvalue weighted by Gasteiger charge is -2.64. The first-order valence-electron chi connectivity index (χ1n) is 6.93. The second-order valence-corrected chi connectivity index (χ2v) is 7.15. The van der Waals surface area contributed by atoms with Crippen molar-refractivity contribution < 1.29 is 0 Å². The molecule has 0 amide bonds. The summed E-state index contributed by atoms with van der Waals surface area (Å²) in [5.74, 6) is 0. The molecule has 4 heteroatoms. The van der Waals surface area contributed by atoms with E-state index in [0.29, 0.717) is 5.70 Å². The molecule has 2 atom stereocenters. The molecule has 4 nitrogen and oxygen atoms in total. The van der Waals surface area contributed by atoms with Crippen molar-refractivity contribution in [1.82, 2.24) is 0 Å². The number of nitrogens with zero attached hydrogens (tertiary/aromatic N) is 2. The zero-order valence-electron chi connectivity index (χ0n) is 13.5. The van der Waals surface area contributed by atoms with E-state index in [-0.39, 0.29) is 0 Å². The quantitative estimate of drug-likeness (QED) is 0.711. The summed E-state index contributed by atoms with van der Waals surface area (Å²) in [5, 5.41) is 0. The Bertz CT molecular complexity index is 579. The fourth-order valence-electron chi connectivity index (χ4n) is 3.69. The molecule has 0 spiro atoms. The van der Waals surface area contributed by atoms with Crippen molar-refractivity contribution in [3.63, 3.8) is 0 Å². The summed E-state index contributed by atoms with van der Waals surface area (Å²) in [5.41, 5.74) is 14.2. The van der Waals surface area contributed by atoms with Crippen molar-refractivity contribution in [2.45, 2.75) is 52.6 Å². The Kier molecular flexibility index (Phi) is 2.79. The molecular formula is C16H26N4. The largest absolute Gasteiger partial charge is 0.318 e. The lowest BCUT2D eigenvalue weighted by atomic mass is 9.47. The molecule has 4 N–H and O–H groups in total. The summed E-state index contributed by atoms with van der Waals surface area (Å²) < 4.78 is 0. The van der Waals surface area contributed by atoms with Gasteiger partial charge in [0.2, 0.25) is 0 Å². The van der Waals surface area contributed by atoms with Crippen molar-refractivity contribution in [1.29, 1.82) is 0 Å². The molecule has 2 aliphatic heterocycles. The van der Waals surface area contributed by atoms with Crippen LogP contribution in [-0.4, -0.2) is 22.5 Å². The summed E-state index contributed by atoms with van der Waals surface area (Å²) in [7, 11) is 0. The van der Waals surface area contributed by atoms with Gasteiger partial charge in [-0.05, 0) is 13.8 Å². The highest BCUT2D eigenvalue weighted by Crippen LogP contribution is 2.57. The summed E-state index contributed by atoms with van der Waals surface area (Å²) in [6.45, 7) is 20.3. The van der Waals surface area contributed by atoms with E-state index in [1.807, 2.05) is 27.7 Å². The molecule has 0 aromatic carbocycles. The first-order valence-corrected chi connectivity index (χ1v) is 6.93. The Labute approximate surface area is 121 Å². The first kappa shape index (κ1) is 15.1. The fraction of sp³-hybridized carbons (Fsp3) is 0.625. The van der Waals surface area contributed by atoms with E-state index >= 15 is 0 Å². The monoisotopic (exact) mass is 274 g/mol. The molecule has 2 unspecified atom stereocenters. The molecule has 2 rings (SSSR count). The van der Waals surface area contributed by atoms with Gasteiger partial charge in [0, 0.05) is 28.0 Å². The average Bonchev–Trinajstić information content (AvgIpc) is 2.32. The van der Waals surface area contributed by atoms with Crippen LogP contribution >= 0.6 is 0 Å². The Balaban J connectivity index is 2.95. The number of rotatable bonds is 0. The molecule has 0 aromatic heterocycles. The average molecular weight is 274 g/mol. The van der Waals surface area contributed by atoms with Gasteiger partial charge in [-0.15, -0.1) is 0 Å². The lowest BCUT2D eigenvalue weighted by Crippen LogP contribution is -2.84. The SMILES string of the molecule is C=C1N=C(C)C2(N)C(C)(C)C(C)=NC(=C)C2(N)C1(C)C. The van der Waals surface area contributed by atoms with Gasteiger partial charge in [0.15, 0.2) is 0 Å². The van der Waals surface area contributed by atoms with Crippen molar-refractivity contribution in [2.24, 2.45) is 32.3 Å². The minimum Gasteiger partial charge on any atom is -0.318 e. The summed E-state index contributed by atoms with van der Waals surface area (Å²) in [6, 6.07) is 0. The first-order chi connectivity index (χ1) is 8.85. The van der Waals surface area contributed by atoms with E-state index in [2.05, 4.69) is 37.0 Å². The minimum atomic E-state index is -0.911. The Hall–Kier alpha value is -1.26. The third kappa shape index (κ3) is 1.24. The standard InChI is InChI=1S/C16H26N4/c1-9-13(5,6)15(17)12(4)20-10(2)14(7,8)16(15,18)11(3)19-9/h1,4,17-18H2,2-3,5-8H3. The van der Waals surface area contributed by atoms with Gasteiger partial charge >= 0.3 is 0 Å². The van der Waals surface area contributed by atoms with Crippen LogP contribution in [0.4, 0.5) is 0 Å². The predicted octanol–water partition coefficient (Wildman–Crippen LogP) is 2.41. The van der Waals surface area contributed by atoms with Gasteiger partial charge < -0.3 is 11.5 Å². The summed E-state index contributed by atoms with van der Waals surface area (Å²) in [6.07, 6.45) is 0. The highest BCUT2D eigenvalue weighted by Gasteiger charge is 2.69. The van der Waals surface area contributed by atoms with E-state index in [4.69, 9.17) is 11.5 Å². The number of aliphatic imine (C=N–C) groups is 2. The second kappa shape index (κ2) is 3.68. The van der Waals surface area contributed by atoms with Crippen molar-refractivity contribution in [3.05, 3.63) is 24.6 Å². The van der Waals surface area contributed by atoms with Crippen molar-refractivity contribution in [2.75, 3.05) is 0 Å². The molecule has 0 radical (unpaired) electrons. The maximum atomic E-state index is 6.90. The van der Waals surface area contributed by atoms with Crippen molar-refractivity contribution >= 4 is 11.4 Å². The fourth-order valence-corrected chi connectivity index (χ4v) is 3.69. The van der Waals surface area contributed by atoms with Gasteiger partial charge in [-0.3, -0.25) is 9.98 Å². The Morgan fingerprint density at radius 3 is 1.70 bits per heavy atom. The third-order valence-corrected chi connectivity index (χ3v) is 5.85. The molecule has 110 valence electrons. The molecule has 20 heavy (non-hydrogen) atoms. The number of nitrogens with two attached hydrogens (primary N) is 2. The molecule has 0 aliphatic carbocycles. The number of fused-ring (bicyclic) bond motifs is 1. The molecule has 0 bridgehead atoms. The smallest absolute Gasteiger partial charge is 0.0930 e. The van der Waals surface area contributed by atoms with E-state index < -0.39 is 21.9 Å². The highest BCUT2D eigenvalue weighted by molar-refractivity contribution is 6.05. The Morgan fingerprint density at radius 1 is 0.750 bits per heavy atom. The summed E-state index contributed by atoms with van der Waals surface area (Å²) in [4.78, 5) is 9.24. The van der Waals surface area contributed by atoms with Gasteiger partial charge in [0.1, 0.15) is 0 Å². The van der Waals surface area contributed by atoms with E-state index in [1.165, 1.54) is 0 Å². The topological polar surface area (TPSA) is 76.8 Å². The van der Waals surface area contributed by atoms with Crippen LogP contribution in [0.2, 0.25) is 0 Å². The molecule has 0 saturated heterocycles. The van der Waals surface area contributed by atoms with E-state index in [0.717, 1.165) is 17.1 Å². The van der Waals surface area contributed by atoms with Gasteiger partial charge in [-0.2, -0.15) is 0 Å². The second-order valence-electron chi connectivity index (χ2n) is 7.15. The Morgan fingerprint density at radius 2 is 1.20 bits per heavy atom. The van der Waals surface area contributed by atoms with Crippen LogP contribution in [0.5, 0.6) is 0 Å². The van der Waals surface area contributed by atoms with Crippen LogP contribution in [0.3, 0.4) is 0 Å². The van der Waals surface area contributed by atoms with Crippen molar-refractivity contribution in [3.8, 4) is 0 Å². The molecule has 0 aromatic rings. The molecular weight excluding hydrogens is 248 g/mol. The van der Waals surface area contributed by atoms with Crippen LogP contribution in [0, 0.1) is 10.8 Å². The van der Waals surface area contributed by atoms with Crippen LogP contribution in [-0.2, 0) is 0 Å². The van der Waals surface area contributed by atoms with E-state index in [9.17, 15) is 0 Å². The normalized spacial score (nSPS) is 39.0. The van der Waals surface area contributed by atoms with Crippen LogP contribution < -0.4 is 11.5 Å². The predicted molar refractivity (Wildman–Crippen MR) is 85.9 cm³/mol. The number of hydrogen-bond donors (Lipinski definition) is 2. The van der Waals surface area contributed by atoms with Crippen LogP contribution in [0.15, 0.2) is 34.5 Å². The molecule has 0 fully saturated rings. The minimum absolute atomic E-state index is 0.408. The highest BCUT2D eigenvalue weighted by atomic mass is 15.1. The zero-order chi connectivity index (χ0) is 15.7. The van der Waals surface area contributed by atoms with Crippen LogP contribution in [0.1, 0.15) is 41.5 Å². The molecule has 2 aliphatic rings. The maximum absolute atomic E-state index is 6.90. The van der Waals surface area contributed by atoms with Gasteiger partial charge in [-0.1, -0.05) is 40.9 Å². The zero-order valence-corrected chi connectivity index (χ0v) is 13.5. The maximum Gasteiger partial charge on any atom is 0.0930 e. The van der Waals surface area contributed by atoms with E-state index in [1.54, 1.807) is 0 Å². The third-order valence-electron chi connectivity index (χ3n) is 5.85. The number of hydrogen-bond acceptors (Lipinski definition) is 4. The molecule has 2 heterocycles. The lowest BCUT2D eigenvalue weighted by molar-refractivity contribution is 0.0991. The van der Waals surface area contributed by atoms with Gasteiger partial charge in [-0.25, -0.2) is 0 Å². The van der Waals surface area contributed by atoms with Gasteiger partial charge in [0.25, 0.3) is 0 Å². The van der Waals surface area contributed by atoms with Crippen LogP contribution in [0.25, 0.3) is 0 Å². The van der Waals surface area contributed by atoms with Gasteiger partial charge in [0.05, 0.1) is 16.8 Å². The summed E-state index contributed by atoms with van der Waals surface area (Å²) >= 11 is 0. The molecule has 0 saturated carbocycles.